The maximum Gasteiger partial charge on any atom is 0.328 e. The fraction of sp³-hybridized carbons (Fsp3) is 0.348. The van der Waals surface area contributed by atoms with Gasteiger partial charge in [0.25, 0.3) is 0 Å². The molecule has 1 fully saturated rings. The van der Waals surface area contributed by atoms with Crippen molar-refractivity contribution in [1.82, 2.24) is 20.0 Å². The number of hydrogen-bond acceptors (Lipinski definition) is 8. The maximum atomic E-state index is 13.3. The molecule has 0 amide bonds. The van der Waals surface area contributed by atoms with E-state index in [9.17, 15) is 14.0 Å². The van der Waals surface area contributed by atoms with Crippen molar-refractivity contribution >= 4 is 22.9 Å². The van der Waals surface area contributed by atoms with Crippen LogP contribution in [0.2, 0.25) is 0 Å². The van der Waals surface area contributed by atoms with Crippen molar-refractivity contribution in [3.63, 3.8) is 0 Å². The van der Waals surface area contributed by atoms with E-state index >= 15 is 0 Å². The number of ether oxygens (including phenoxy) is 1. The quantitative estimate of drug-likeness (QED) is 0.491. The second-order valence-corrected chi connectivity index (χ2v) is 7.54. The van der Waals surface area contributed by atoms with Gasteiger partial charge in [-0.2, -0.15) is 0 Å². The number of benzene rings is 1. The Morgan fingerprint density at radius 2 is 1.85 bits per heavy atom. The molecule has 3 heterocycles. The SMILES string of the molecule is CCC(Oc1ncccn1)N1CCC(c2noc3cc(F)ccc23)CC1.O=C(O)/C=C/C(=O)O. The molecule has 10 nitrogen and oxygen atoms in total. The molecule has 2 N–H and O–H groups in total. The third-order valence-electron chi connectivity index (χ3n) is 5.29. The molecule has 3 aromatic rings. The van der Waals surface area contributed by atoms with Gasteiger partial charge in [0.15, 0.2) is 11.8 Å². The Labute approximate surface area is 194 Å². The van der Waals surface area contributed by atoms with Crippen molar-refractivity contribution in [2.45, 2.75) is 38.3 Å². The molecule has 0 spiro atoms. The molecule has 180 valence electrons. The molecule has 1 aliphatic rings. The van der Waals surface area contributed by atoms with Crippen LogP contribution in [0.25, 0.3) is 11.0 Å². The van der Waals surface area contributed by atoms with E-state index in [2.05, 4.69) is 26.9 Å². The average Bonchev–Trinajstić information content (AvgIpc) is 3.25. The lowest BCUT2D eigenvalue weighted by molar-refractivity contribution is -0.134. The van der Waals surface area contributed by atoms with Crippen LogP contribution in [-0.4, -0.2) is 61.5 Å². The Morgan fingerprint density at radius 1 is 1.21 bits per heavy atom. The number of likely N-dealkylation sites (tertiary alicyclic amines) is 1. The first kappa shape index (κ1) is 24.8. The molecular weight excluding hydrogens is 447 g/mol. The third kappa shape index (κ3) is 6.82. The highest BCUT2D eigenvalue weighted by Gasteiger charge is 2.29. The summed E-state index contributed by atoms with van der Waals surface area (Å²) in [5.41, 5.74) is 1.44. The van der Waals surface area contributed by atoms with Gasteiger partial charge in [0.2, 0.25) is 0 Å². The van der Waals surface area contributed by atoms with Gasteiger partial charge in [-0.05, 0) is 37.5 Å². The van der Waals surface area contributed by atoms with E-state index in [4.69, 9.17) is 19.5 Å². The van der Waals surface area contributed by atoms with Crippen LogP contribution < -0.4 is 4.74 Å². The Balaban J connectivity index is 0.000000350. The molecule has 0 saturated carbocycles. The van der Waals surface area contributed by atoms with Gasteiger partial charge >= 0.3 is 17.9 Å². The Morgan fingerprint density at radius 3 is 2.44 bits per heavy atom. The lowest BCUT2D eigenvalue weighted by Gasteiger charge is -2.36. The number of rotatable bonds is 7. The molecule has 1 aromatic carbocycles. The van der Waals surface area contributed by atoms with Crippen LogP contribution in [0.15, 0.2) is 53.3 Å². The van der Waals surface area contributed by atoms with Crippen molar-refractivity contribution in [1.29, 1.82) is 0 Å². The van der Waals surface area contributed by atoms with Crippen molar-refractivity contribution in [3.8, 4) is 6.01 Å². The molecular formula is C23H25FN4O6. The van der Waals surface area contributed by atoms with E-state index in [1.807, 2.05) is 0 Å². The molecule has 2 aromatic heterocycles. The monoisotopic (exact) mass is 472 g/mol. The fourth-order valence-corrected chi connectivity index (χ4v) is 3.71. The zero-order valence-corrected chi connectivity index (χ0v) is 18.5. The summed E-state index contributed by atoms with van der Waals surface area (Å²) in [6, 6.07) is 6.79. The van der Waals surface area contributed by atoms with Crippen LogP contribution in [0.1, 0.15) is 37.8 Å². The number of carbonyl (C=O) groups is 2. The minimum Gasteiger partial charge on any atom is -0.478 e. The van der Waals surface area contributed by atoms with Gasteiger partial charge in [0.1, 0.15) is 5.82 Å². The van der Waals surface area contributed by atoms with E-state index in [0.29, 0.717) is 29.7 Å². The zero-order valence-electron chi connectivity index (χ0n) is 18.5. The molecule has 1 saturated heterocycles. The number of halogens is 1. The molecule has 1 unspecified atom stereocenters. The summed E-state index contributed by atoms with van der Waals surface area (Å²) in [7, 11) is 0. The van der Waals surface area contributed by atoms with E-state index in [1.165, 1.54) is 12.1 Å². The summed E-state index contributed by atoms with van der Waals surface area (Å²) in [6.45, 7) is 3.89. The molecule has 11 heteroatoms. The Kier molecular flexibility index (Phi) is 8.63. The van der Waals surface area contributed by atoms with Crippen LogP contribution in [-0.2, 0) is 9.59 Å². The largest absolute Gasteiger partial charge is 0.478 e. The highest BCUT2D eigenvalue weighted by molar-refractivity contribution is 5.89. The van der Waals surface area contributed by atoms with E-state index in [1.54, 1.807) is 24.5 Å². The molecule has 1 aliphatic heterocycles. The minimum atomic E-state index is -1.26. The van der Waals surface area contributed by atoms with Gasteiger partial charge in [-0.25, -0.2) is 23.9 Å². The molecule has 34 heavy (non-hydrogen) atoms. The second-order valence-electron chi connectivity index (χ2n) is 7.54. The number of carboxylic acid groups (broad SMARTS) is 2. The summed E-state index contributed by atoms with van der Waals surface area (Å²) >= 11 is 0. The van der Waals surface area contributed by atoms with Crippen molar-refractivity contribution in [2.75, 3.05) is 13.1 Å². The van der Waals surface area contributed by atoms with Crippen LogP contribution in [0.4, 0.5) is 4.39 Å². The van der Waals surface area contributed by atoms with Gasteiger partial charge in [0, 0.05) is 55.0 Å². The van der Waals surface area contributed by atoms with Crippen LogP contribution in [0, 0.1) is 5.82 Å². The number of carboxylic acids is 2. The number of fused-ring (bicyclic) bond motifs is 1. The van der Waals surface area contributed by atoms with Crippen LogP contribution in [0.5, 0.6) is 6.01 Å². The maximum absolute atomic E-state index is 13.3. The summed E-state index contributed by atoms with van der Waals surface area (Å²) in [4.78, 5) is 29.7. The van der Waals surface area contributed by atoms with Crippen molar-refractivity contribution < 1.29 is 33.5 Å². The van der Waals surface area contributed by atoms with Gasteiger partial charge < -0.3 is 19.5 Å². The minimum absolute atomic E-state index is 0.0403. The number of aromatic nitrogens is 3. The number of aliphatic carboxylic acids is 2. The molecule has 4 rings (SSSR count). The Bertz CT molecular complexity index is 1110. The Hall–Kier alpha value is -3.86. The number of hydrogen-bond donors (Lipinski definition) is 2. The van der Waals surface area contributed by atoms with Crippen molar-refractivity contribution in [2.24, 2.45) is 0 Å². The first-order chi connectivity index (χ1) is 16.4. The van der Waals surface area contributed by atoms with Gasteiger partial charge in [-0.3, -0.25) is 4.90 Å². The normalized spacial score (nSPS) is 15.6. The summed E-state index contributed by atoms with van der Waals surface area (Å²) in [5.74, 6) is -2.51. The van der Waals surface area contributed by atoms with Crippen molar-refractivity contribution in [3.05, 3.63) is 60.3 Å². The van der Waals surface area contributed by atoms with E-state index < -0.39 is 11.9 Å². The fourth-order valence-electron chi connectivity index (χ4n) is 3.71. The number of piperidine rings is 1. The topological polar surface area (TPSA) is 139 Å². The lowest BCUT2D eigenvalue weighted by Crippen LogP contribution is -2.44. The lowest BCUT2D eigenvalue weighted by atomic mass is 9.91. The van der Waals surface area contributed by atoms with Crippen LogP contribution in [0.3, 0.4) is 0 Å². The molecule has 0 radical (unpaired) electrons. The molecule has 0 bridgehead atoms. The summed E-state index contributed by atoms with van der Waals surface area (Å²) < 4.78 is 24.6. The predicted octanol–water partition coefficient (Wildman–Crippen LogP) is 3.46. The smallest absolute Gasteiger partial charge is 0.328 e. The summed E-state index contributed by atoms with van der Waals surface area (Å²) in [5, 5.41) is 20.7. The highest BCUT2D eigenvalue weighted by Crippen LogP contribution is 2.33. The predicted molar refractivity (Wildman–Crippen MR) is 119 cm³/mol. The van der Waals surface area contributed by atoms with E-state index in [-0.39, 0.29) is 12.0 Å². The first-order valence-electron chi connectivity index (χ1n) is 10.7. The third-order valence-corrected chi connectivity index (χ3v) is 5.29. The summed E-state index contributed by atoms with van der Waals surface area (Å²) in [6.07, 6.45) is 7.20. The standard InChI is InChI=1S/C19H21FN4O2.C4H4O4/c1-2-17(25-19-21-8-3-9-22-19)24-10-6-13(7-11-24)18-15-5-4-14(20)12-16(15)26-23-18;5-3(6)1-2-4(7)8/h3-5,8-9,12-13,17H,2,6-7,10-11H2,1H3;1-2H,(H,5,6)(H,7,8)/b;2-1+. The average molecular weight is 472 g/mol. The first-order valence-corrected chi connectivity index (χ1v) is 10.7. The zero-order chi connectivity index (χ0) is 24.5. The van der Waals surface area contributed by atoms with Gasteiger partial charge in [0.05, 0.1) is 5.69 Å². The van der Waals surface area contributed by atoms with Gasteiger partial charge in [-0.15, -0.1) is 0 Å². The van der Waals surface area contributed by atoms with E-state index in [0.717, 1.165) is 43.4 Å². The van der Waals surface area contributed by atoms with Crippen LogP contribution >= 0.6 is 0 Å². The van der Waals surface area contributed by atoms with Gasteiger partial charge in [-0.1, -0.05) is 12.1 Å². The number of nitrogens with zero attached hydrogens (tertiary/aromatic N) is 4. The second kappa shape index (κ2) is 11.8. The highest BCUT2D eigenvalue weighted by atomic mass is 19.1. The molecule has 1 atom stereocenters. The molecule has 0 aliphatic carbocycles.